The maximum Gasteiger partial charge on any atom is 0.358 e. The van der Waals surface area contributed by atoms with E-state index < -0.39 is 34.7 Å². The van der Waals surface area contributed by atoms with Crippen LogP contribution in [0.3, 0.4) is 0 Å². The molecule has 0 aliphatic carbocycles. The maximum absolute atomic E-state index is 13.7. The number of nitrogens with zero attached hydrogens (tertiary/aromatic N) is 1. The van der Waals surface area contributed by atoms with Crippen LogP contribution in [0.5, 0.6) is 0 Å². The van der Waals surface area contributed by atoms with Crippen LogP contribution in [0.4, 0.5) is 11.4 Å². The van der Waals surface area contributed by atoms with Gasteiger partial charge in [-0.25, -0.2) is 4.79 Å². The number of aliphatic hydroxyl groups excluding tert-OH is 1. The van der Waals surface area contributed by atoms with Gasteiger partial charge in [0.25, 0.3) is 11.4 Å². The molecule has 7 nitrogen and oxygen atoms in total. The minimum atomic E-state index is -2.16. The monoisotopic (exact) mass is 484 g/mol. The fraction of sp³-hybridized carbons (Fsp3) is 0.207. The molecule has 1 heterocycles. The zero-order valence-corrected chi connectivity index (χ0v) is 20.9. The summed E-state index contributed by atoms with van der Waals surface area (Å²) in [7, 11) is 1.18. The Labute approximate surface area is 210 Å². The van der Waals surface area contributed by atoms with E-state index in [1.807, 2.05) is 39.8 Å². The van der Waals surface area contributed by atoms with Crippen molar-refractivity contribution in [3.8, 4) is 0 Å². The lowest BCUT2D eigenvalue weighted by Gasteiger charge is -2.38. The molecule has 1 fully saturated rings. The molecular weight excluding hydrogens is 456 g/mol. The molecule has 3 aromatic carbocycles. The van der Waals surface area contributed by atoms with Gasteiger partial charge < -0.3 is 15.2 Å². The van der Waals surface area contributed by atoms with E-state index in [4.69, 9.17) is 4.74 Å². The number of ether oxygens (including phenoxy) is 1. The molecule has 4 rings (SSSR count). The van der Waals surface area contributed by atoms with E-state index in [1.165, 1.54) is 7.11 Å². The van der Waals surface area contributed by atoms with Crippen LogP contribution in [0, 0.1) is 27.7 Å². The van der Waals surface area contributed by atoms with Gasteiger partial charge >= 0.3 is 11.9 Å². The number of anilines is 2. The number of esters is 1. The molecular formula is C29H28N2O5. The summed E-state index contributed by atoms with van der Waals surface area (Å²) >= 11 is 0. The summed E-state index contributed by atoms with van der Waals surface area (Å²) in [6, 6.07) is 19.0. The highest BCUT2D eigenvalue weighted by molar-refractivity contribution is 6.54. The Hall–Kier alpha value is -4.39. The van der Waals surface area contributed by atoms with E-state index >= 15 is 0 Å². The lowest BCUT2D eigenvalue weighted by atomic mass is 9.93. The third-order valence-electron chi connectivity index (χ3n) is 6.36. The summed E-state index contributed by atoms with van der Waals surface area (Å²) in [5, 5.41) is 14.6. The number of aliphatic hydroxyl groups is 1. The van der Waals surface area contributed by atoms with Crippen LogP contribution >= 0.6 is 0 Å². The first-order valence-corrected chi connectivity index (χ1v) is 11.5. The molecule has 0 bridgehead atoms. The molecule has 1 saturated heterocycles. The van der Waals surface area contributed by atoms with E-state index in [9.17, 15) is 19.5 Å². The van der Waals surface area contributed by atoms with Crippen molar-refractivity contribution in [1.29, 1.82) is 0 Å². The molecule has 1 aliphatic rings. The quantitative estimate of drug-likeness (QED) is 0.234. The van der Waals surface area contributed by atoms with Gasteiger partial charge in [-0.1, -0.05) is 65.7 Å². The third kappa shape index (κ3) is 3.92. The highest BCUT2D eigenvalue weighted by Gasteiger charge is 2.63. The van der Waals surface area contributed by atoms with Crippen molar-refractivity contribution in [1.82, 2.24) is 0 Å². The molecule has 1 amide bonds. The van der Waals surface area contributed by atoms with E-state index in [0.29, 0.717) is 11.4 Å². The van der Waals surface area contributed by atoms with E-state index in [-0.39, 0.29) is 5.56 Å². The second-order valence-electron chi connectivity index (χ2n) is 9.00. The standard InChI is InChI=1S/C29H28N2O5/c1-17-11-13-22(14-12-17)31-27(34)26(33)23(25(32)21-9-7-6-8-10-21)29(31,28(35)36-5)30-24-19(3)15-18(2)16-20(24)4/h6-16,30,32H,1-5H3. The number of hydrogen-bond donors (Lipinski definition) is 2. The Bertz CT molecular complexity index is 1370. The van der Waals surface area contributed by atoms with Crippen LogP contribution in [0.25, 0.3) is 5.76 Å². The van der Waals surface area contributed by atoms with E-state index in [2.05, 4.69) is 5.32 Å². The fourth-order valence-electron chi connectivity index (χ4n) is 4.73. The Morgan fingerprint density at radius 1 is 0.889 bits per heavy atom. The number of aryl methyl sites for hydroxylation is 4. The lowest BCUT2D eigenvalue weighted by Crippen LogP contribution is -2.60. The average molecular weight is 485 g/mol. The highest BCUT2D eigenvalue weighted by Crippen LogP contribution is 2.43. The predicted octanol–water partition coefficient (Wildman–Crippen LogP) is 4.79. The summed E-state index contributed by atoms with van der Waals surface area (Å²) in [4.78, 5) is 42.0. The number of hydrogen-bond acceptors (Lipinski definition) is 6. The lowest BCUT2D eigenvalue weighted by molar-refractivity contribution is -0.145. The summed E-state index contributed by atoms with van der Waals surface area (Å²) in [6.45, 7) is 7.57. The second-order valence-corrected chi connectivity index (χ2v) is 9.00. The smallest absolute Gasteiger partial charge is 0.358 e. The topological polar surface area (TPSA) is 95.9 Å². The number of Topliss-reactive ketones (excluding diaryl/α,β-unsaturated/α-hetero) is 1. The van der Waals surface area contributed by atoms with Crippen molar-refractivity contribution in [3.05, 3.63) is 100 Å². The van der Waals surface area contributed by atoms with Gasteiger partial charge in [0, 0.05) is 16.9 Å². The van der Waals surface area contributed by atoms with Crippen LogP contribution in [-0.2, 0) is 19.1 Å². The zero-order valence-electron chi connectivity index (χ0n) is 20.9. The van der Waals surface area contributed by atoms with Gasteiger partial charge in [-0.3, -0.25) is 14.5 Å². The zero-order chi connectivity index (χ0) is 26.2. The third-order valence-corrected chi connectivity index (χ3v) is 6.36. The first-order valence-electron chi connectivity index (χ1n) is 11.5. The summed E-state index contributed by atoms with van der Waals surface area (Å²) < 4.78 is 5.21. The van der Waals surface area contributed by atoms with Crippen molar-refractivity contribution in [2.45, 2.75) is 33.4 Å². The molecule has 1 unspecified atom stereocenters. The Morgan fingerprint density at radius 3 is 2.03 bits per heavy atom. The molecule has 36 heavy (non-hydrogen) atoms. The molecule has 2 N–H and O–H groups in total. The van der Waals surface area contributed by atoms with Gasteiger partial charge in [-0.05, 0) is 51.0 Å². The van der Waals surface area contributed by atoms with Crippen LogP contribution in [0.2, 0.25) is 0 Å². The number of amides is 1. The number of nitrogens with one attached hydrogen (secondary N) is 1. The largest absolute Gasteiger partial charge is 0.507 e. The number of benzene rings is 3. The molecule has 0 aromatic heterocycles. The van der Waals surface area contributed by atoms with Crippen molar-refractivity contribution in [2.24, 2.45) is 0 Å². The molecule has 3 aromatic rings. The molecule has 0 radical (unpaired) electrons. The number of rotatable bonds is 5. The minimum Gasteiger partial charge on any atom is -0.507 e. The first-order chi connectivity index (χ1) is 17.1. The predicted molar refractivity (Wildman–Crippen MR) is 139 cm³/mol. The summed E-state index contributed by atoms with van der Waals surface area (Å²) in [6.07, 6.45) is 0. The van der Waals surface area contributed by atoms with Crippen molar-refractivity contribution in [3.63, 3.8) is 0 Å². The van der Waals surface area contributed by atoms with Crippen LogP contribution in [0.15, 0.2) is 72.3 Å². The van der Waals surface area contributed by atoms with Gasteiger partial charge in [0.2, 0.25) is 0 Å². The number of carbonyl (C=O) groups is 3. The van der Waals surface area contributed by atoms with Crippen molar-refractivity contribution < 1.29 is 24.2 Å². The fourth-order valence-corrected chi connectivity index (χ4v) is 4.73. The van der Waals surface area contributed by atoms with Crippen LogP contribution in [0.1, 0.15) is 27.8 Å². The number of methoxy groups -OCH3 is 1. The minimum absolute atomic E-state index is 0.284. The molecule has 1 atom stereocenters. The maximum atomic E-state index is 13.7. The van der Waals surface area contributed by atoms with Crippen LogP contribution < -0.4 is 10.2 Å². The van der Waals surface area contributed by atoms with Gasteiger partial charge in [0.05, 0.1) is 7.11 Å². The first kappa shape index (κ1) is 24.7. The number of ketones is 1. The van der Waals surface area contributed by atoms with Gasteiger partial charge in [0.1, 0.15) is 11.3 Å². The molecule has 0 saturated carbocycles. The van der Waals surface area contributed by atoms with Crippen molar-refractivity contribution in [2.75, 3.05) is 17.3 Å². The van der Waals surface area contributed by atoms with E-state index in [0.717, 1.165) is 27.2 Å². The van der Waals surface area contributed by atoms with Crippen molar-refractivity contribution >= 4 is 34.8 Å². The summed E-state index contributed by atoms with van der Waals surface area (Å²) in [5.74, 6) is -3.36. The van der Waals surface area contributed by atoms with Gasteiger partial charge in [-0.2, -0.15) is 0 Å². The second kappa shape index (κ2) is 9.34. The normalized spacial score (nSPS) is 18.9. The van der Waals surface area contributed by atoms with E-state index in [1.54, 1.807) is 54.6 Å². The summed E-state index contributed by atoms with van der Waals surface area (Å²) in [5.41, 5.74) is 2.11. The molecule has 184 valence electrons. The Kier molecular flexibility index (Phi) is 6.41. The van der Waals surface area contributed by atoms with Crippen LogP contribution in [-0.4, -0.2) is 35.5 Å². The molecule has 0 spiro atoms. The highest BCUT2D eigenvalue weighted by atomic mass is 16.5. The van der Waals surface area contributed by atoms with Gasteiger partial charge in [0.15, 0.2) is 0 Å². The average Bonchev–Trinajstić information content (AvgIpc) is 3.08. The Balaban J connectivity index is 2.10. The number of carbonyl (C=O) groups excluding carboxylic acids is 3. The molecule has 1 aliphatic heterocycles. The molecule has 7 heteroatoms. The SMILES string of the molecule is COC(=O)C1(Nc2c(C)cc(C)cc2C)C(=C(O)c2ccccc2)C(=O)C(=O)N1c1ccc(C)cc1. The van der Waals surface area contributed by atoms with Gasteiger partial charge in [-0.15, -0.1) is 0 Å². The Morgan fingerprint density at radius 2 is 1.47 bits per heavy atom.